The summed E-state index contributed by atoms with van der Waals surface area (Å²) in [6.45, 7) is 11.6. The Hall–Kier alpha value is -0.120. The van der Waals surface area contributed by atoms with E-state index in [2.05, 4.69) is 34.6 Å². The number of fused-ring (bicyclic) bond motifs is 2. The van der Waals surface area contributed by atoms with Crippen molar-refractivity contribution in [3.05, 3.63) is 0 Å². The number of rotatable bonds is 1. The van der Waals surface area contributed by atoms with Crippen molar-refractivity contribution in [2.45, 2.75) is 104 Å². The lowest BCUT2D eigenvalue weighted by molar-refractivity contribution is -0.101. The summed E-state index contributed by atoms with van der Waals surface area (Å²) >= 11 is 0. The summed E-state index contributed by atoms with van der Waals surface area (Å²) < 4.78 is 0. The summed E-state index contributed by atoms with van der Waals surface area (Å²) in [7, 11) is 0. The van der Waals surface area contributed by atoms with E-state index in [0.717, 1.165) is 44.9 Å². The van der Waals surface area contributed by atoms with Gasteiger partial charge in [-0.15, -0.1) is 0 Å². The molecule has 0 radical (unpaired) electrons. The molecule has 0 aromatic rings. The average molecular weight is 367 g/mol. The molecule has 3 nitrogen and oxygen atoms in total. The summed E-state index contributed by atoms with van der Waals surface area (Å²) in [6, 6.07) is 0. The minimum atomic E-state index is -0.308. The standard InChI is InChI=1S/C23H42O3/c1-14(2)20-7-6-16-11-19(25)13-17-12-18(24)8-9-22(17,4)15(3)10-21(26)23(16,20)5/h14-21,24-26H,6-13H2,1-5H3/t15-,16+,17-,18-,19+,20-,21+,22-,23+/m1/s1. The van der Waals surface area contributed by atoms with Crippen LogP contribution in [0.2, 0.25) is 0 Å². The predicted molar refractivity (Wildman–Crippen MR) is 106 cm³/mol. The van der Waals surface area contributed by atoms with E-state index in [9.17, 15) is 15.3 Å². The molecular weight excluding hydrogens is 324 g/mol. The van der Waals surface area contributed by atoms with Crippen LogP contribution in [-0.4, -0.2) is 33.6 Å². The Morgan fingerprint density at radius 2 is 1.42 bits per heavy atom. The van der Waals surface area contributed by atoms with Crippen LogP contribution in [-0.2, 0) is 0 Å². The molecule has 0 saturated heterocycles. The van der Waals surface area contributed by atoms with Crippen LogP contribution in [0.1, 0.15) is 86.0 Å². The molecule has 3 rings (SSSR count). The monoisotopic (exact) mass is 366 g/mol. The summed E-state index contributed by atoms with van der Waals surface area (Å²) in [5, 5.41) is 32.7. The highest BCUT2D eigenvalue weighted by atomic mass is 16.3. The zero-order valence-corrected chi connectivity index (χ0v) is 17.6. The van der Waals surface area contributed by atoms with Gasteiger partial charge in [-0.2, -0.15) is 0 Å². The SMILES string of the molecule is CC(C)[C@H]1CC[C@H]2C[C@H](O)C[C@H]3C[C@H](O)CC[C@]3(C)[C@H](C)C[C@H](O)[C@@]21C. The number of hydrogen-bond acceptors (Lipinski definition) is 3. The number of aliphatic hydroxyl groups excluding tert-OH is 3. The van der Waals surface area contributed by atoms with Gasteiger partial charge in [-0.1, -0.05) is 34.6 Å². The molecule has 0 unspecified atom stereocenters. The molecule has 3 heteroatoms. The van der Waals surface area contributed by atoms with Gasteiger partial charge >= 0.3 is 0 Å². The fourth-order valence-corrected chi connectivity index (χ4v) is 7.27. The largest absolute Gasteiger partial charge is 0.393 e. The Balaban J connectivity index is 1.93. The molecule has 3 saturated carbocycles. The first-order chi connectivity index (χ1) is 12.1. The Morgan fingerprint density at radius 3 is 2.08 bits per heavy atom. The molecule has 3 N–H and O–H groups in total. The maximum atomic E-state index is 11.5. The molecule has 9 atom stereocenters. The van der Waals surface area contributed by atoms with Gasteiger partial charge < -0.3 is 15.3 Å². The smallest absolute Gasteiger partial charge is 0.0601 e. The van der Waals surface area contributed by atoms with E-state index in [4.69, 9.17) is 0 Å². The molecule has 0 bridgehead atoms. The minimum Gasteiger partial charge on any atom is -0.393 e. The Labute approximate surface area is 160 Å². The maximum absolute atomic E-state index is 11.5. The van der Waals surface area contributed by atoms with Gasteiger partial charge in [0.25, 0.3) is 0 Å². The van der Waals surface area contributed by atoms with Crippen molar-refractivity contribution in [3.8, 4) is 0 Å². The molecule has 3 aliphatic carbocycles. The van der Waals surface area contributed by atoms with Crippen molar-refractivity contribution in [3.63, 3.8) is 0 Å². The van der Waals surface area contributed by atoms with Crippen LogP contribution < -0.4 is 0 Å². The van der Waals surface area contributed by atoms with Gasteiger partial charge in [0.05, 0.1) is 18.3 Å². The van der Waals surface area contributed by atoms with Gasteiger partial charge in [-0.25, -0.2) is 0 Å². The second-order valence-electron chi connectivity index (χ2n) is 10.9. The van der Waals surface area contributed by atoms with E-state index in [1.165, 1.54) is 6.42 Å². The topological polar surface area (TPSA) is 60.7 Å². The predicted octanol–water partition coefficient (Wildman–Crippen LogP) is 4.38. The number of hydrogen-bond donors (Lipinski definition) is 3. The first kappa shape index (κ1) is 20.6. The third-order valence-electron chi connectivity index (χ3n) is 9.35. The molecule has 26 heavy (non-hydrogen) atoms. The second kappa shape index (κ2) is 7.37. The molecular formula is C23H42O3. The van der Waals surface area contributed by atoms with E-state index in [1.54, 1.807) is 0 Å². The van der Waals surface area contributed by atoms with Crippen molar-refractivity contribution in [1.82, 2.24) is 0 Å². The summed E-state index contributed by atoms with van der Waals surface area (Å²) in [5.74, 6) is 2.28. The van der Waals surface area contributed by atoms with Gasteiger partial charge in [0.1, 0.15) is 0 Å². The Bertz CT molecular complexity index is 492. The van der Waals surface area contributed by atoms with Gasteiger partial charge in [0.2, 0.25) is 0 Å². The highest BCUT2D eigenvalue weighted by molar-refractivity contribution is 5.04. The molecule has 3 aliphatic rings. The molecule has 0 amide bonds. The van der Waals surface area contributed by atoms with Crippen LogP contribution in [0.3, 0.4) is 0 Å². The van der Waals surface area contributed by atoms with E-state index < -0.39 is 0 Å². The second-order valence-corrected chi connectivity index (χ2v) is 10.9. The fourth-order valence-electron chi connectivity index (χ4n) is 7.27. The van der Waals surface area contributed by atoms with E-state index in [-0.39, 0.29) is 29.1 Å². The van der Waals surface area contributed by atoms with Crippen molar-refractivity contribution in [1.29, 1.82) is 0 Å². The lowest BCUT2D eigenvalue weighted by Gasteiger charge is -2.52. The summed E-state index contributed by atoms with van der Waals surface area (Å²) in [6.07, 6.45) is 6.64. The molecule has 0 aliphatic heterocycles. The van der Waals surface area contributed by atoms with Gasteiger partial charge in [0, 0.05) is 0 Å². The summed E-state index contributed by atoms with van der Waals surface area (Å²) in [5.41, 5.74) is 0.0249. The minimum absolute atomic E-state index is 0.0826. The first-order valence-corrected chi connectivity index (χ1v) is 11.1. The normalized spacial score (nSPS) is 53.2. The zero-order chi connectivity index (χ0) is 19.3. The molecule has 0 aromatic heterocycles. The fraction of sp³-hybridized carbons (Fsp3) is 1.00. The first-order valence-electron chi connectivity index (χ1n) is 11.1. The molecule has 0 aromatic carbocycles. The Morgan fingerprint density at radius 1 is 0.808 bits per heavy atom. The van der Waals surface area contributed by atoms with Crippen LogP contribution in [0.15, 0.2) is 0 Å². The van der Waals surface area contributed by atoms with Crippen molar-refractivity contribution < 1.29 is 15.3 Å². The number of aliphatic hydroxyl groups is 3. The highest BCUT2D eigenvalue weighted by Gasteiger charge is 2.54. The average Bonchev–Trinajstić information content (AvgIpc) is 2.88. The van der Waals surface area contributed by atoms with Gasteiger partial charge in [0.15, 0.2) is 0 Å². The third-order valence-corrected chi connectivity index (χ3v) is 9.35. The van der Waals surface area contributed by atoms with E-state index in [0.29, 0.717) is 29.6 Å². The molecule has 152 valence electrons. The lowest BCUT2D eigenvalue weighted by atomic mass is 9.55. The lowest BCUT2D eigenvalue weighted by Crippen LogP contribution is -2.49. The molecule has 0 spiro atoms. The van der Waals surface area contributed by atoms with Crippen LogP contribution in [0.4, 0.5) is 0 Å². The van der Waals surface area contributed by atoms with Crippen LogP contribution in [0.25, 0.3) is 0 Å². The maximum Gasteiger partial charge on any atom is 0.0601 e. The molecule has 3 fully saturated rings. The summed E-state index contributed by atoms with van der Waals surface area (Å²) in [4.78, 5) is 0. The third kappa shape index (κ3) is 3.37. The Kier molecular flexibility index (Phi) is 5.84. The zero-order valence-electron chi connectivity index (χ0n) is 17.6. The van der Waals surface area contributed by atoms with Crippen molar-refractivity contribution in [2.24, 2.45) is 40.4 Å². The van der Waals surface area contributed by atoms with Crippen molar-refractivity contribution in [2.75, 3.05) is 0 Å². The van der Waals surface area contributed by atoms with Crippen molar-refractivity contribution >= 4 is 0 Å². The van der Waals surface area contributed by atoms with E-state index >= 15 is 0 Å². The van der Waals surface area contributed by atoms with Crippen LogP contribution >= 0.6 is 0 Å². The van der Waals surface area contributed by atoms with Crippen LogP contribution in [0.5, 0.6) is 0 Å². The van der Waals surface area contributed by atoms with Gasteiger partial charge in [-0.05, 0) is 91.8 Å². The highest BCUT2D eigenvalue weighted by Crippen LogP contribution is 2.58. The molecule has 0 heterocycles. The quantitative estimate of drug-likeness (QED) is 0.645. The van der Waals surface area contributed by atoms with Crippen LogP contribution in [0, 0.1) is 40.4 Å². The van der Waals surface area contributed by atoms with E-state index in [1.807, 2.05) is 0 Å². The van der Waals surface area contributed by atoms with Gasteiger partial charge in [-0.3, -0.25) is 0 Å².